The van der Waals surface area contributed by atoms with Crippen LogP contribution in [0.25, 0.3) is 5.69 Å². The lowest BCUT2D eigenvalue weighted by molar-refractivity contribution is -0.286. The molecule has 3 heterocycles. The fraction of sp³-hybridized carbons (Fsp3) is 0.333. The van der Waals surface area contributed by atoms with Gasteiger partial charge in [-0.25, -0.2) is 4.68 Å². The lowest BCUT2D eigenvalue weighted by Gasteiger charge is -2.18. The summed E-state index contributed by atoms with van der Waals surface area (Å²) in [6, 6.07) is 9.61. The fourth-order valence-electron chi connectivity index (χ4n) is 4.15. The van der Waals surface area contributed by atoms with Gasteiger partial charge < -0.3 is 24.4 Å². The van der Waals surface area contributed by atoms with Crippen LogP contribution in [0.5, 0.6) is 11.5 Å². The Hall–Kier alpha value is -3.42. The van der Waals surface area contributed by atoms with Crippen LogP contribution in [0.3, 0.4) is 0 Å². The van der Waals surface area contributed by atoms with E-state index in [0.717, 1.165) is 11.2 Å². The van der Waals surface area contributed by atoms with Gasteiger partial charge in [0.25, 0.3) is 5.91 Å². The Morgan fingerprint density at radius 1 is 1.24 bits per heavy atom. The summed E-state index contributed by atoms with van der Waals surface area (Å²) in [5, 5.41) is 6.21. The van der Waals surface area contributed by atoms with Crippen molar-refractivity contribution in [2.24, 2.45) is 0 Å². The van der Waals surface area contributed by atoms with Crippen LogP contribution < -0.4 is 19.7 Å². The monoisotopic (exact) mass is 558 g/mol. The van der Waals surface area contributed by atoms with Gasteiger partial charge in [0.15, 0.2) is 17.2 Å². The van der Waals surface area contributed by atoms with Crippen molar-refractivity contribution < 1.29 is 41.0 Å². The van der Waals surface area contributed by atoms with Gasteiger partial charge in [-0.3, -0.25) is 4.79 Å². The number of benzene rings is 2. The van der Waals surface area contributed by atoms with Gasteiger partial charge in [0.05, 0.1) is 29.1 Å². The molecule has 3 aromatic rings. The van der Waals surface area contributed by atoms with E-state index in [1.54, 1.807) is 0 Å². The van der Waals surface area contributed by atoms with Crippen molar-refractivity contribution in [3.8, 4) is 17.2 Å². The molecule has 14 heteroatoms. The Labute approximate surface area is 217 Å². The Morgan fingerprint density at radius 3 is 2.71 bits per heavy atom. The molecule has 5 rings (SSSR count). The topological polar surface area (TPSA) is 77.9 Å². The number of carbonyl (C=O) groups excluding carboxylic acids is 1. The average Bonchev–Trinajstić information content (AvgIpc) is 3.57. The molecule has 1 amide bonds. The maximum absolute atomic E-state index is 13.6. The molecule has 0 bridgehead atoms. The number of hydrogen-bond donors (Lipinski definition) is 1. The standard InChI is InChI=1S/C24H20ClF5N4O4/c1-33(14-5-6-18-19(10-14)38-24(29,30)37-18)22(35)13-3-2-4-15(9-13)34-17(12-36-16-7-8-31-11-16)20(25)21(32-34)23(26,27)28/h2-6,9-10,16,31H,7-8,11-12H2,1H3. The number of alkyl halides is 5. The average molecular weight is 559 g/mol. The molecule has 0 spiro atoms. The molecule has 0 aliphatic carbocycles. The summed E-state index contributed by atoms with van der Waals surface area (Å²) in [4.78, 5) is 14.4. The molecule has 0 saturated carbocycles. The number of nitrogens with zero attached hydrogens (tertiary/aromatic N) is 3. The van der Waals surface area contributed by atoms with Crippen LogP contribution >= 0.6 is 11.6 Å². The van der Waals surface area contributed by atoms with Crippen molar-refractivity contribution >= 4 is 23.2 Å². The van der Waals surface area contributed by atoms with E-state index in [1.165, 1.54) is 54.4 Å². The molecule has 1 fully saturated rings. The Kier molecular flexibility index (Phi) is 6.70. The Balaban J connectivity index is 1.44. The molecule has 1 aromatic heterocycles. The van der Waals surface area contributed by atoms with E-state index in [4.69, 9.17) is 16.3 Å². The predicted molar refractivity (Wildman–Crippen MR) is 125 cm³/mol. The molecule has 0 radical (unpaired) electrons. The van der Waals surface area contributed by atoms with Gasteiger partial charge in [-0.2, -0.15) is 18.3 Å². The highest BCUT2D eigenvalue weighted by atomic mass is 35.5. The smallest absolute Gasteiger partial charge is 0.395 e. The van der Waals surface area contributed by atoms with Crippen molar-refractivity contribution in [3.05, 3.63) is 64.4 Å². The molecule has 1 saturated heterocycles. The summed E-state index contributed by atoms with van der Waals surface area (Å²) in [5.41, 5.74) is -0.815. The van der Waals surface area contributed by atoms with Crippen molar-refractivity contribution in [1.29, 1.82) is 0 Å². The first-order valence-corrected chi connectivity index (χ1v) is 11.8. The normalized spacial score (nSPS) is 18.1. The zero-order valence-electron chi connectivity index (χ0n) is 19.7. The first-order valence-electron chi connectivity index (χ1n) is 11.4. The highest BCUT2D eigenvalue weighted by Gasteiger charge is 2.43. The number of nitrogens with one attached hydrogen (secondary N) is 1. The minimum absolute atomic E-state index is 0.0134. The molecule has 38 heavy (non-hydrogen) atoms. The molecule has 1 atom stereocenters. The SMILES string of the molecule is CN(C(=O)c1cccc(-n2nc(C(F)(F)F)c(Cl)c2COC2CCNC2)c1)c1ccc2c(c1)OC(F)(F)O2. The third-order valence-corrected chi connectivity index (χ3v) is 6.47. The van der Waals surface area contributed by atoms with Gasteiger partial charge in [-0.1, -0.05) is 17.7 Å². The van der Waals surface area contributed by atoms with Gasteiger partial charge in [-0.15, -0.1) is 8.78 Å². The quantitative estimate of drug-likeness (QED) is 0.428. The molecule has 2 aromatic carbocycles. The van der Waals surface area contributed by atoms with Crippen LogP contribution in [0.4, 0.5) is 27.6 Å². The molecule has 2 aliphatic rings. The van der Waals surface area contributed by atoms with Crippen LogP contribution in [-0.4, -0.2) is 48.2 Å². The lowest BCUT2D eigenvalue weighted by atomic mass is 10.1. The van der Waals surface area contributed by atoms with E-state index in [2.05, 4.69) is 19.9 Å². The number of fused-ring (bicyclic) bond motifs is 1. The van der Waals surface area contributed by atoms with Crippen LogP contribution in [0, 0.1) is 0 Å². The molecule has 8 nitrogen and oxygen atoms in total. The number of aromatic nitrogens is 2. The fourth-order valence-corrected chi connectivity index (χ4v) is 4.43. The Morgan fingerprint density at radius 2 is 2.00 bits per heavy atom. The van der Waals surface area contributed by atoms with Crippen molar-refractivity contribution in [3.63, 3.8) is 0 Å². The van der Waals surface area contributed by atoms with E-state index < -0.39 is 29.1 Å². The number of anilines is 1. The van der Waals surface area contributed by atoms with E-state index in [0.29, 0.717) is 13.0 Å². The number of amides is 1. The Bertz CT molecular complexity index is 1370. The van der Waals surface area contributed by atoms with E-state index in [9.17, 15) is 26.7 Å². The minimum atomic E-state index is -4.81. The first-order chi connectivity index (χ1) is 17.9. The third-order valence-electron chi connectivity index (χ3n) is 6.07. The summed E-state index contributed by atoms with van der Waals surface area (Å²) in [7, 11) is 1.41. The molecule has 202 valence electrons. The highest BCUT2D eigenvalue weighted by molar-refractivity contribution is 6.32. The number of carbonyl (C=O) groups is 1. The predicted octanol–water partition coefficient (Wildman–Crippen LogP) is 5.02. The minimum Gasteiger partial charge on any atom is -0.395 e. The second-order valence-corrected chi connectivity index (χ2v) is 9.04. The summed E-state index contributed by atoms with van der Waals surface area (Å²) < 4.78 is 83.1. The van der Waals surface area contributed by atoms with E-state index >= 15 is 0 Å². The zero-order chi connectivity index (χ0) is 27.2. The largest absolute Gasteiger partial charge is 0.586 e. The first kappa shape index (κ1) is 26.2. The number of ether oxygens (including phenoxy) is 3. The number of halogens is 6. The van der Waals surface area contributed by atoms with Crippen molar-refractivity contribution in [2.45, 2.75) is 31.6 Å². The molecule has 1 unspecified atom stereocenters. The van der Waals surface area contributed by atoms with Crippen molar-refractivity contribution in [1.82, 2.24) is 15.1 Å². The van der Waals surface area contributed by atoms with Gasteiger partial charge in [0.2, 0.25) is 0 Å². The van der Waals surface area contributed by atoms with Crippen LogP contribution in [0.1, 0.15) is 28.2 Å². The number of hydrogen-bond acceptors (Lipinski definition) is 6. The van der Waals surface area contributed by atoms with E-state index in [1.807, 2.05) is 0 Å². The van der Waals surface area contributed by atoms with Crippen molar-refractivity contribution in [2.75, 3.05) is 25.0 Å². The summed E-state index contributed by atoms with van der Waals surface area (Å²) in [6.07, 6.45) is -8.11. The summed E-state index contributed by atoms with van der Waals surface area (Å²) in [6.45, 7) is 1.06. The summed E-state index contributed by atoms with van der Waals surface area (Å²) in [5.74, 6) is -0.990. The van der Waals surface area contributed by atoms with E-state index in [-0.39, 0.29) is 46.8 Å². The van der Waals surface area contributed by atoms with Gasteiger partial charge in [0, 0.05) is 30.9 Å². The summed E-state index contributed by atoms with van der Waals surface area (Å²) >= 11 is 6.10. The maximum Gasteiger partial charge on any atom is 0.586 e. The second-order valence-electron chi connectivity index (χ2n) is 8.66. The van der Waals surface area contributed by atoms with Crippen LogP contribution in [0.15, 0.2) is 42.5 Å². The van der Waals surface area contributed by atoms with Crippen LogP contribution in [-0.2, 0) is 17.5 Å². The molecule has 2 aliphatic heterocycles. The second kappa shape index (κ2) is 9.71. The van der Waals surface area contributed by atoms with Crippen LogP contribution in [0.2, 0.25) is 5.02 Å². The van der Waals surface area contributed by atoms with Gasteiger partial charge >= 0.3 is 12.5 Å². The number of rotatable bonds is 6. The molecular formula is C24H20ClF5N4O4. The highest BCUT2D eigenvalue weighted by Crippen LogP contribution is 2.43. The lowest BCUT2D eigenvalue weighted by Crippen LogP contribution is -2.26. The molecule has 1 N–H and O–H groups in total. The molecular weight excluding hydrogens is 539 g/mol. The zero-order valence-corrected chi connectivity index (χ0v) is 20.4. The van der Waals surface area contributed by atoms with Gasteiger partial charge in [-0.05, 0) is 43.3 Å². The van der Waals surface area contributed by atoms with Gasteiger partial charge in [0.1, 0.15) is 0 Å². The third kappa shape index (κ3) is 5.13. The maximum atomic E-state index is 13.6.